The molecule has 1 aromatic rings. The molecule has 1 amide bonds. The smallest absolute Gasteiger partial charge is 0.273 e. The summed E-state index contributed by atoms with van der Waals surface area (Å²) >= 11 is 5.88. The van der Waals surface area contributed by atoms with E-state index in [-0.39, 0.29) is 10.9 Å². The van der Waals surface area contributed by atoms with Crippen molar-refractivity contribution in [3.8, 4) is 0 Å². The molecule has 0 saturated carbocycles. The molecule has 1 saturated heterocycles. The lowest BCUT2D eigenvalue weighted by Crippen LogP contribution is -2.28. The van der Waals surface area contributed by atoms with Gasteiger partial charge in [-0.05, 0) is 12.5 Å². The van der Waals surface area contributed by atoms with Gasteiger partial charge in [0.05, 0.1) is 16.4 Å². The van der Waals surface area contributed by atoms with Crippen LogP contribution in [0.25, 0.3) is 0 Å². The highest BCUT2D eigenvalue weighted by Crippen LogP contribution is 2.21. The van der Waals surface area contributed by atoms with Crippen molar-refractivity contribution in [3.05, 3.63) is 39.7 Å². The van der Waals surface area contributed by atoms with Crippen molar-refractivity contribution in [1.82, 2.24) is 4.90 Å². The third-order valence-corrected chi connectivity index (χ3v) is 3.11. The van der Waals surface area contributed by atoms with Crippen LogP contribution in [0.5, 0.6) is 0 Å². The number of carbonyl (C=O) groups excluding carboxylic acids is 1. The molecule has 0 aromatic heterocycles. The number of benzene rings is 1. The highest BCUT2D eigenvalue weighted by Gasteiger charge is 2.26. The summed E-state index contributed by atoms with van der Waals surface area (Å²) < 4.78 is 13.2. The van der Waals surface area contributed by atoms with Crippen molar-refractivity contribution in [1.29, 1.82) is 0 Å². The Kier molecular flexibility index (Phi) is 3.47. The largest absolute Gasteiger partial charge is 0.337 e. The molecule has 1 fully saturated rings. The molecule has 0 aliphatic carbocycles. The van der Waals surface area contributed by atoms with E-state index in [0.29, 0.717) is 19.5 Å². The fourth-order valence-electron chi connectivity index (χ4n) is 1.89. The number of hydrogen-bond acceptors (Lipinski definition) is 3. The van der Waals surface area contributed by atoms with Crippen LogP contribution < -0.4 is 0 Å². The average Bonchev–Trinajstić information content (AvgIpc) is 2.74. The van der Waals surface area contributed by atoms with E-state index in [1.54, 1.807) is 0 Å². The zero-order valence-electron chi connectivity index (χ0n) is 9.31. The van der Waals surface area contributed by atoms with E-state index in [9.17, 15) is 19.3 Å². The molecule has 96 valence electrons. The Morgan fingerprint density at radius 1 is 1.50 bits per heavy atom. The zero-order chi connectivity index (χ0) is 13.3. The maximum Gasteiger partial charge on any atom is 0.273 e. The van der Waals surface area contributed by atoms with Gasteiger partial charge >= 0.3 is 0 Å². The third-order valence-electron chi connectivity index (χ3n) is 2.76. The Balaban J connectivity index is 2.27. The topological polar surface area (TPSA) is 63.4 Å². The first-order chi connectivity index (χ1) is 8.47. The number of nitro groups is 1. The number of halogens is 2. The maximum absolute atomic E-state index is 13.2. The third kappa shape index (κ3) is 2.59. The molecular formula is C11H10ClFN2O3. The van der Waals surface area contributed by atoms with Crippen LogP contribution in [0.2, 0.25) is 0 Å². The van der Waals surface area contributed by atoms with Crippen LogP contribution in [0.4, 0.5) is 10.1 Å². The van der Waals surface area contributed by atoms with Crippen molar-refractivity contribution in [2.24, 2.45) is 0 Å². The number of hydrogen-bond donors (Lipinski definition) is 0. The van der Waals surface area contributed by atoms with Crippen LogP contribution in [0.1, 0.15) is 16.8 Å². The minimum atomic E-state index is -0.797. The molecular weight excluding hydrogens is 263 g/mol. The molecule has 0 N–H and O–H groups in total. The zero-order valence-corrected chi connectivity index (χ0v) is 10.1. The number of nitrogens with zero attached hydrogens (tertiary/aromatic N) is 2. The summed E-state index contributed by atoms with van der Waals surface area (Å²) in [6.45, 7) is 0.863. The molecule has 7 heteroatoms. The van der Waals surface area contributed by atoms with Gasteiger partial charge in [-0.15, -0.1) is 11.6 Å². The summed E-state index contributed by atoms with van der Waals surface area (Å²) in [5.74, 6) is -1.23. The molecule has 1 atom stereocenters. The van der Waals surface area contributed by atoms with Gasteiger partial charge in [-0.2, -0.15) is 0 Å². The van der Waals surface area contributed by atoms with E-state index >= 15 is 0 Å². The maximum atomic E-state index is 13.2. The first kappa shape index (κ1) is 12.8. The summed E-state index contributed by atoms with van der Waals surface area (Å²) in [4.78, 5) is 23.3. The summed E-state index contributed by atoms with van der Waals surface area (Å²) in [7, 11) is 0. The van der Waals surface area contributed by atoms with Gasteiger partial charge in [-0.25, -0.2) is 4.39 Å². The van der Waals surface area contributed by atoms with E-state index in [0.717, 1.165) is 18.2 Å². The number of nitro benzene ring substituents is 1. The van der Waals surface area contributed by atoms with Gasteiger partial charge in [0.1, 0.15) is 5.82 Å². The van der Waals surface area contributed by atoms with E-state index in [4.69, 9.17) is 11.6 Å². The first-order valence-corrected chi connectivity index (χ1v) is 5.79. The van der Waals surface area contributed by atoms with Crippen molar-refractivity contribution in [3.63, 3.8) is 0 Å². The van der Waals surface area contributed by atoms with Crippen molar-refractivity contribution < 1.29 is 14.1 Å². The molecule has 18 heavy (non-hydrogen) atoms. The fourth-order valence-corrected chi connectivity index (χ4v) is 2.15. The number of rotatable bonds is 2. The summed E-state index contributed by atoms with van der Waals surface area (Å²) in [5, 5.41) is 10.5. The number of carbonyl (C=O) groups is 1. The van der Waals surface area contributed by atoms with Crippen molar-refractivity contribution >= 4 is 23.2 Å². The van der Waals surface area contributed by atoms with Gasteiger partial charge in [0.2, 0.25) is 0 Å². The second kappa shape index (κ2) is 4.89. The van der Waals surface area contributed by atoms with Gasteiger partial charge in [0, 0.05) is 24.7 Å². The van der Waals surface area contributed by atoms with Crippen molar-refractivity contribution in [2.75, 3.05) is 13.1 Å². The van der Waals surface area contributed by atoms with Crippen molar-refractivity contribution in [2.45, 2.75) is 11.8 Å². The van der Waals surface area contributed by atoms with Crippen LogP contribution >= 0.6 is 11.6 Å². The predicted molar refractivity (Wildman–Crippen MR) is 63.2 cm³/mol. The highest BCUT2D eigenvalue weighted by atomic mass is 35.5. The molecule has 1 heterocycles. The molecule has 5 nitrogen and oxygen atoms in total. The number of amides is 1. The lowest BCUT2D eigenvalue weighted by Gasteiger charge is -2.15. The number of likely N-dealkylation sites (tertiary alicyclic amines) is 1. The molecule has 2 rings (SSSR count). The lowest BCUT2D eigenvalue weighted by atomic mass is 10.1. The molecule has 0 bridgehead atoms. The van der Waals surface area contributed by atoms with Gasteiger partial charge in [0.15, 0.2) is 0 Å². The molecule has 1 aliphatic rings. The Labute approximate surface area is 107 Å². The molecule has 1 aromatic carbocycles. The monoisotopic (exact) mass is 272 g/mol. The average molecular weight is 273 g/mol. The Bertz CT molecular complexity index is 509. The second-order valence-electron chi connectivity index (χ2n) is 4.09. The van der Waals surface area contributed by atoms with Gasteiger partial charge < -0.3 is 4.90 Å². The fraction of sp³-hybridized carbons (Fsp3) is 0.364. The van der Waals surface area contributed by atoms with Crippen LogP contribution in [0.3, 0.4) is 0 Å². The molecule has 1 aliphatic heterocycles. The normalized spacial score (nSPS) is 19.0. The van der Waals surface area contributed by atoms with Crippen LogP contribution in [-0.2, 0) is 0 Å². The molecule has 0 radical (unpaired) electrons. The van der Waals surface area contributed by atoms with Gasteiger partial charge in [0.25, 0.3) is 11.6 Å². The van der Waals surface area contributed by atoms with Gasteiger partial charge in [-0.3, -0.25) is 14.9 Å². The highest BCUT2D eigenvalue weighted by molar-refractivity contribution is 6.21. The standard InChI is InChI=1S/C11H10ClFN2O3/c12-8-1-2-14(6-8)11(16)7-3-9(13)5-10(4-7)15(17)18/h3-5,8H,1-2,6H2. The Morgan fingerprint density at radius 3 is 2.78 bits per heavy atom. The van der Waals surface area contributed by atoms with E-state index in [2.05, 4.69) is 0 Å². The lowest BCUT2D eigenvalue weighted by molar-refractivity contribution is -0.385. The minimum Gasteiger partial charge on any atom is -0.337 e. The Morgan fingerprint density at radius 2 is 2.22 bits per heavy atom. The van der Waals surface area contributed by atoms with E-state index in [1.165, 1.54) is 4.90 Å². The summed E-state index contributed by atoms with van der Waals surface area (Å²) in [6, 6.07) is 2.86. The summed E-state index contributed by atoms with van der Waals surface area (Å²) in [6.07, 6.45) is 0.671. The van der Waals surface area contributed by atoms with Crippen LogP contribution in [0, 0.1) is 15.9 Å². The molecule has 1 unspecified atom stereocenters. The van der Waals surface area contributed by atoms with E-state index < -0.39 is 22.3 Å². The van der Waals surface area contributed by atoms with Crippen LogP contribution in [-0.4, -0.2) is 34.2 Å². The SMILES string of the molecule is O=C(c1cc(F)cc([N+](=O)[O-])c1)N1CCC(Cl)C1. The van der Waals surface area contributed by atoms with Gasteiger partial charge in [-0.1, -0.05) is 0 Å². The number of alkyl halides is 1. The van der Waals surface area contributed by atoms with Crippen LogP contribution in [0.15, 0.2) is 18.2 Å². The predicted octanol–water partition coefficient (Wildman–Crippen LogP) is 2.19. The Hall–Kier alpha value is -1.69. The quantitative estimate of drug-likeness (QED) is 0.471. The first-order valence-electron chi connectivity index (χ1n) is 5.35. The van der Waals surface area contributed by atoms with E-state index in [1.807, 2.05) is 0 Å². The second-order valence-corrected chi connectivity index (χ2v) is 4.71. The molecule has 0 spiro atoms. The number of non-ortho nitro benzene ring substituents is 1. The summed E-state index contributed by atoms with van der Waals surface area (Å²) in [5.41, 5.74) is -0.451. The minimum absolute atomic E-state index is 0.0209.